The first-order valence-corrected chi connectivity index (χ1v) is 7.42. The Kier molecular flexibility index (Phi) is 4.56. The van der Waals surface area contributed by atoms with Crippen molar-refractivity contribution < 1.29 is 0 Å². The van der Waals surface area contributed by atoms with E-state index in [1.54, 1.807) is 11.3 Å². The zero-order valence-corrected chi connectivity index (χ0v) is 12.5. The minimum absolute atomic E-state index is 0.119. The van der Waals surface area contributed by atoms with Crippen molar-refractivity contribution in [2.45, 2.75) is 26.9 Å². The fourth-order valence-electron chi connectivity index (χ4n) is 2.13. The predicted octanol–water partition coefficient (Wildman–Crippen LogP) is 2.95. The van der Waals surface area contributed by atoms with Crippen LogP contribution in [0.1, 0.15) is 19.4 Å². The molecule has 2 aromatic heterocycles. The van der Waals surface area contributed by atoms with Gasteiger partial charge in [-0.05, 0) is 30.5 Å². The third kappa shape index (κ3) is 3.14. The van der Waals surface area contributed by atoms with E-state index in [0.717, 1.165) is 22.7 Å². The van der Waals surface area contributed by atoms with Gasteiger partial charge >= 0.3 is 0 Å². The Bertz CT molecular complexity index is 585. The van der Waals surface area contributed by atoms with E-state index in [4.69, 9.17) is 0 Å². The van der Waals surface area contributed by atoms with E-state index in [1.165, 1.54) is 0 Å². The van der Waals surface area contributed by atoms with Crippen LogP contribution in [-0.4, -0.2) is 11.6 Å². The largest absolute Gasteiger partial charge is 0.315 e. The summed E-state index contributed by atoms with van der Waals surface area (Å²) in [6, 6.07) is 8.08. The average Bonchev–Trinajstić information content (AvgIpc) is 2.88. The van der Waals surface area contributed by atoms with Crippen LogP contribution in [0.5, 0.6) is 0 Å². The lowest BCUT2D eigenvalue weighted by Gasteiger charge is -2.15. The molecule has 0 saturated heterocycles. The van der Waals surface area contributed by atoms with Gasteiger partial charge in [-0.2, -0.15) is 0 Å². The van der Waals surface area contributed by atoms with E-state index in [1.807, 2.05) is 29.1 Å². The molecule has 0 saturated carbocycles. The van der Waals surface area contributed by atoms with Gasteiger partial charge in [-0.1, -0.05) is 26.0 Å². The molecule has 0 radical (unpaired) electrons. The highest BCUT2D eigenvalue weighted by Gasteiger charge is 2.11. The fraction of sp³-hybridized carbons (Fsp3) is 0.400. The molecule has 0 aliphatic rings. The summed E-state index contributed by atoms with van der Waals surface area (Å²) in [5.41, 5.74) is 1.96. The first-order valence-electron chi connectivity index (χ1n) is 6.54. The maximum atomic E-state index is 12.5. The molecule has 1 N–H and O–H groups in total. The van der Waals surface area contributed by atoms with E-state index in [2.05, 4.69) is 31.3 Å². The lowest BCUT2D eigenvalue weighted by atomic mass is 10.1. The van der Waals surface area contributed by atoms with E-state index in [0.29, 0.717) is 12.5 Å². The van der Waals surface area contributed by atoms with E-state index in [9.17, 15) is 4.79 Å². The first kappa shape index (κ1) is 14.0. The molecule has 0 aliphatic heterocycles. The summed E-state index contributed by atoms with van der Waals surface area (Å²) in [6.07, 6.45) is 0. The van der Waals surface area contributed by atoms with Crippen molar-refractivity contribution in [2.24, 2.45) is 5.92 Å². The van der Waals surface area contributed by atoms with Crippen LogP contribution in [0.3, 0.4) is 0 Å². The summed E-state index contributed by atoms with van der Waals surface area (Å²) in [5, 5.41) is 5.09. The molecule has 0 bridgehead atoms. The highest BCUT2D eigenvalue weighted by molar-refractivity contribution is 7.13. The van der Waals surface area contributed by atoms with Crippen molar-refractivity contribution in [3.8, 4) is 10.6 Å². The van der Waals surface area contributed by atoms with Gasteiger partial charge in [0.1, 0.15) is 0 Å². The number of nitrogens with one attached hydrogen (secondary N) is 1. The molecule has 19 heavy (non-hydrogen) atoms. The molecule has 0 aliphatic carbocycles. The quantitative estimate of drug-likeness (QED) is 0.911. The molecule has 0 spiro atoms. The average molecular weight is 276 g/mol. The first-order chi connectivity index (χ1) is 9.13. The van der Waals surface area contributed by atoms with Crippen LogP contribution in [0, 0.1) is 5.92 Å². The van der Waals surface area contributed by atoms with Crippen LogP contribution in [0.15, 0.2) is 34.4 Å². The van der Waals surface area contributed by atoms with Crippen molar-refractivity contribution >= 4 is 11.3 Å². The third-order valence-electron chi connectivity index (χ3n) is 2.94. The van der Waals surface area contributed by atoms with E-state index < -0.39 is 0 Å². The van der Waals surface area contributed by atoms with Gasteiger partial charge in [0.2, 0.25) is 0 Å². The van der Waals surface area contributed by atoms with Crippen LogP contribution in [0.25, 0.3) is 10.6 Å². The maximum Gasteiger partial charge on any atom is 0.255 e. The van der Waals surface area contributed by atoms with Crippen molar-refractivity contribution in [1.29, 1.82) is 0 Å². The molecular formula is C15H20N2OS. The molecule has 102 valence electrons. The number of hydrogen-bond donors (Lipinski definition) is 1. The minimum atomic E-state index is 0.119. The predicted molar refractivity (Wildman–Crippen MR) is 81.6 cm³/mol. The van der Waals surface area contributed by atoms with Gasteiger partial charge in [0.25, 0.3) is 5.56 Å². The molecule has 0 aromatic carbocycles. The van der Waals surface area contributed by atoms with Gasteiger partial charge in [-0.3, -0.25) is 4.79 Å². The number of hydrogen-bond acceptors (Lipinski definition) is 3. The topological polar surface area (TPSA) is 34.0 Å². The van der Waals surface area contributed by atoms with Gasteiger partial charge < -0.3 is 9.88 Å². The number of aromatic nitrogens is 1. The Morgan fingerprint density at radius 1 is 1.32 bits per heavy atom. The summed E-state index contributed by atoms with van der Waals surface area (Å²) >= 11 is 1.67. The second-order valence-corrected chi connectivity index (χ2v) is 6.01. The van der Waals surface area contributed by atoms with Crippen molar-refractivity contribution in [3.05, 3.63) is 45.6 Å². The highest BCUT2D eigenvalue weighted by Crippen LogP contribution is 2.24. The fourth-order valence-corrected chi connectivity index (χ4v) is 2.89. The lowest BCUT2D eigenvalue weighted by Crippen LogP contribution is -2.28. The zero-order valence-electron chi connectivity index (χ0n) is 11.6. The van der Waals surface area contributed by atoms with Crippen molar-refractivity contribution in [1.82, 2.24) is 9.88 Å². The molecule has 3 nitrogen and oxygen atoms in total. The smallest absolute Gasteiger partial charge is 0.255 e. The van der Waals surface area contributed by atoms with Crippen molar-refractivity contribution in [2.75, 3.05) is 7.05 Å². The van der Waals surface area contributed by atoms with Gasteiger partial charge in [0.15, 0.2) is 0 Å². The number of pyridine rings is 1. The summed E-state index contributed by atoms with van der Waals surface area (Å²) in [5.74, 6) is 0.446. The monoisotopic (exact) mass is 276 g/mol. The SMILES string of the molecule is CNCc1ccc(-c2cccs2)n(CC(C)C)c1=O. The molecule has 4 heteroatoms. The van der Waals surface area contributed by atoms with Crippen LogP contribution < -0.4 is 10.9 Å². The summed E-state index contributed by atoms with van der Waals surface area (Å²) in [4.78, 5) is 13.7. The molecular weight excluding hydrogens is 256 g/mol. The summed E-state index contributed by atoms with van der Waals surface area (Å²) < 4.78 is 1.91. The molecule has 2 aromatic rings. The Morgan fingerprint density at radius 2 is 2.11 bits per heavy atom. The molecule has 2 heterocycles. The number of nitrogens with zero attached hydrogens (tertiary/aromatic N) is 1. The van der Waals surface area contributed by atoms with Crippen LogP contribution in [0.4, 0.5) is 0 Å². The normalized spacial score (nSPS) is 11.2. The minimum Gasteiger partial charge on any atom is -0.315 e. The van der Waals surface area contributed by atoms with Crippen molar-refractivity contribution in [3.63, 3.8) is 0 Å². The zero-order chi connectivity index (χ0) is 13.8. The van der Waals surface area contributed by atoms with Crippen LogP contribution in [0.2, 0.25) is 0 Å². The van der Waals surface area contributed by atoms with Crippen LogP contribution >= 0.6 is 11.3 Å². The van der Waals surface area contributed by atoms with Gasteiger partial charge in [-0.25, -0.2) is 0 Å². The second-order valence-electron chi connectivity index (χ2n) is 5.06. The van der Waals surface area contributed by atoms with Gasteiger partial charge in [0.05, 0.1) is 10.6 Å². The molecule has 0 fully saturated rings. The summed E-state index contributed by atoms with van der Waals surface area (Å²) in [7, 11) is 1.86. The molecule has 0 unspecified atom stereocenters. The molecule has 0 atom stereocenters. The Morgan fingerprint density at radius 3 is 2.68 bits per heavy atom. The van der Waals surface area contributed by atoms with Gasteiger partial charge in [0, 0.05) is 18.7 Å². The standard InChI is InChI=1S/C15H20N2OS/c1-11(2)10-17-13(14-5-4-8-19-14)7-6-12(9-16-3)15(17)18/h4-8,11,16H,9-10H2,1-3H3. The second kappa shape index (κ2) is 6.17. The lowest BCUT2D eigenvalue weighted by molar-refractivity contribution is 0.512. The number of thiophene rings is 1. The molecule has 0 amide bonds. The highest BCUT2D eigenvalue weighted by atomic mass is 32.1. The third-order valence-corrected chi connectivity index (χ3v) is 3.83. The number of rotatable bonds is 5. The van der Waals surface area contributed by atoms with Gasteiger partial charge in [-0.15, -0.1) is 11.3 Å². The Hall–Kier alpha value is -1.39. The summed E-state index contributed by atoms with van der Waals surface area (Å²) in [6.45, 7) is 5.63. The van der Waals surface area contributed by atoms with Crippen LogP contribution in [-0.2, 0) is 13.1 Å². The van der Waals surface area contributed by atoms with E-state index >= 15 is 0 Å². The van der Waals surface area contributed by atoms with E-state index in [-0.39, 0.29) is 5.56 Å². The maximum absolute atomic E-state index is 12.5. The Balaban J connectivity index is 2.54. The Labute approximate surface area is 117 Å². The molecule has 2 rings (SSSR count).